The molecule has 1 aliphatic carbocycles. The van der Waals surface area contributed by atoms with Crippen molar-refractivity contribution in [3.8, 4) is 0 Å². The number of nitrogens with one attached hydrogen (secondary N) is 3. The van der Waals surface area contributed by atoms with Crippen molar-refractivity contribution in [1.82, 2.24) is 20.9 Å². The van der Waals surface area contributed by atoms with Gasteiger partial charge in [0.25, 0.3) is 0 Å². The van der Waals surface area contributed by atoms with Crippen molar-refractivity contribution < 1.29 is 8.42 Å². The molecule has 4 fully saturated rings. The van der Waals surface area contributed by atoms with Crippen LogP contribution in [0.15, 0.2) is 0 Å². The summed E-state index contributed by atoms with van der Waals surface area (Å²) in [5, 5.41) is 12.0. The van der Waals surface area contributed by atoms with Crippen LogP contribution in [0, 0.1) is 0 Å². The number of fused-ring (bicyclic) bond motifs is 1. The lowest BCUT2D eigenvalue weighted by molar-refractivity contribution is 0.0871. The van der Waals surface area contributed by atoms with Crippen LogP contribution >= 0.6 is 11.8 Å². The molecule has 0 radical (unpaired) electrons. The van der Waals surface area contributed by atoms with Crippen LogP contribution in [-0.4, -0.2) is 73.5 Å². The minimum atomic E-state index is -2.88. The Labute approximate surface area is 162 Å². The van der Waals surface area contributed by atoms with Crippen LogP contribution < -0.4 is 16.0 Å². The van der Waals surface area contributed by atoms with Crippen LogP contribution in [0.2, 0.25) is 0 Å². The molecule has 26 heavy (non-hydrogen) atoms. The second-order valence-corrected chi connectivity index (χ2v) is 12.3. The molecule has 0 amide bonds. The third kappa shape index (κ3) is 4.41. The molecule has 3 saturated heterocycles. The van der Waals surface area contributed by atoms with E-state index in [-0.39, 0.29) is 5.25 Å². The summed E-state index contributed by atoms with van der Waals surface area (Å²) in [5.41, 5.74) is 0. The smallest absolute Gasteiger partial charge is 0.150 e. The van der Waals surface area contributed by atoms with Crippen molar-refractivity contribution in [1.29, 1.82) is 0 Å². The molecule has 150 valence electrons. The molecule has 0 bridgehead atoms. The van der Waals surface area contributed by atoms with Crippen molar-refractivity contribution in [2.45, 2.75) is 86.3 Å². The van der Waals surface area contributed by atoms with Crippen molar-refractivity contribution in [3.63, 3.8) is 0 Å². The fraction of sp³-hybridized carbons (Fsp3) is 1.00. The summed E-state index contributed by atoms with van der Waals surface area (Å²) in [6.45, 7) is 2.05. The molecule has 0 spiro atoms. The van der Waals surface area contributed by atoms with E-state index in [2.05, 4.69) is 32.6 Å². The van der Waals surface area contributed by atoms with Gasteiger partial charge in [0.15, 0.2) is 0 Å². The minimum absolute atomic E-state index is 0.122. The zero-order valence-electron chi connectivity index (χ0n) is 15.8. The summed E-state index contributed by atoms with van der Waals surface area (Å²) in [6, 6.07) is 1.04. The van der Waals surface area contributed by atoms with E-state index >= 15 is 0 Å². The summed E-state index contributed by atoms with van der Waals surface area (Å²) < 4.78 is 23.6. The number of hydrogen-bond acceptors (Lipinski definition) is 7. The Balaban J connectivity index is 1.29. The molecule has 6 nitrogen and oxygen atoms in total. The molecule has 8 heteroatoms. The zero-order chi connectivity index (χ0) is 18.1. The number of thioether (sulfide) groups is 1. The lowest BCUT2D eigenvalue weighted by atomic mass is 9.92. The topological polar surface area (TPSA) is 73.5 Å². The highest BCUT2D eigenvalue weighted by Gasteiger charge is 2.42. The first-order valence-corrected chi connectivity index (χ1v) is 13.3. The first-order chi connectivity index (χ1) is 12.5. The second kappa shape index (κ2) is 8.25. The highest BCUT2D eigenvalue weighted by Crippen LogP contribution is 2.31. The van der Waals surface area contributed by atoms with Crippen molar-refractivity contribution in [3.05, 3.63) is 0 Å². The normalized spacial score (nSPS) is 42.0. The maximum atomic E-state index is 11.8. The first kappa shape index (κ1) is 19.5. The predicted molar refractivity (Wildman–Crippen MR) is 108 cm³/mol. The average molecular weight is 403 g/mol. The molecule has 3 N–H and O–H groups in total. The summed E-state index contributed by atoms with van der Waals surface area (Å²) >= 11 is 2.11. The number of hydrogen-bond donors (Lipinski definition) is 3. The maximum absolute atomic E-state index is 11.8. The number of sulfone groups is 1. The van der Waals surface area contributed by atoms with Gasteiger partial charge in [-0.05, 0) is 57.1 Å². The van der Waals surface area contributed by atoms with Gasteiger partial charge in [0, 0.05) is 30.1 Å². The average Bonchev–Trinajstić information content (AvgIpc) is 3.28. The van der Waals surface area contributed by atoms with Gasteiger partial charge in [-0.25, -0.2) is 8.42 Å². The van der Waals surface area contributed by atoms with Gasteiger partial charge in [-0.2, -0.15) is 11.8 Å². The fourth-order valence-electron chi connectivity index (χ4n) is 5.17. The molecule has 4 atom stereocenters. The van der Waals surface area contributed by atoms with Gasteiger partial charge in [0.1, 0.15) is 9.84 Å². The van der Waals surface area contributed by atoms with E-state index in [1.165, 1.54) is 37.7 Å². The molecule has 0 aromatic carbocycles. The standard InChI is InChI=1S/C18H34N4O2S2/c1-26(23,24)15-6-4-13(5-7-15)22-12-20-16-8-9-17(21-18(16)22)19-11-14-3-2-10-25-14/h13-21H,2-12H2,1H3. The SMILES string of the molecule is CS(=O)(=O)C1CCC(N2CNC3CCC(NCC4CCCS4)NC32)CC1. The Bertz CT molecular complexity index is 574. The highest BCUT2D eigenvalue weighted by atomic mass is 32.2. The van der Waals surface area contributed by atoms with E-state index in [9.17, 15) is 8.42 Å². The lowest BCUT2D eigenvalue weighted by Crippen LogP contribution is -2.61. The summed E-state index contributed by atoms with van der Waals surface area (Å²) in [7, 11) is -2.88. The van der Waals surface area contributed by atoms with E-state index < -0.39 is 9.84 Å². The molecule has 4 unspecified atom stereocenters. The zero-order valence-corrected chi connectivity index (χ0v) is 17.5. The summed E-state index contributed by atoms with van der Waals surface area (Å²) in [6.07, 6.45) is 10.9. The van der Waals surface area contributed by atoms with Gasteiger partial charge in [-0.1, -0.05) is 0 Å². The van der Waals surface area contributed by atoms with Crippen LogP contribution in [0.4, 0.5) is 0 Å². The van der Waals surface area contributed by atoms with Crippen molar-refractivity contribution in [2.24, 2.45) is 0 Å². The molecular formula is C18H34N4O2S2. The van der Waals surface area contributed by atoms with Gasteiger partial charge in [-0.3, -0.25) is 15.5 Å². The Morgan fingerprint density at radius 1 is 1.12 bits per heavy atom. The molecule has 4 aliphatic rings. The van der Waals surface area contributed by atoms with Crippen molar-refractivity contribution >= 4 is 21.6 Å². The van der Waals surface area contributed by atoms with Gasteiger partial charge < -0.3 is 5.32 Å². The summed E-state index contributed by atoms with van der Waals surface area (Å²) in [4.78, 5) is 2.57. The molecular weight excluding hydrogens is 368 g/mol. The van der Waals surface area contributed by atoms with E-state index in [0.29, 0.717) is 24.4 Å². The maximum Gasteiger partial charge on any atom is 0.150 e. The first-order valence-electron chi connectivity index (χ1n) is 10.3. The van der Waals surface area contributed by atoms with Crippen LogP contribution in [0.5, 0.6) is 0 Å². The highest BCUT2D eigenvalue weighted by molar-refractivity contribution is 8.00. The lowest BCUT2D eigenvalue weighted by Gasteiger charge is -2.42. The van der Waals surface area contributed by atoms with Crippen LogP contribution in [0.1, 0.15) is 51.4 Å². The number of rotatable bonds is 5. The molecule has 3 heterocycles. The van der Waals surface area contributed by atoms with Crippen LogP contribution in [0.25, 0.3) is 0 Å². The van der Waals surface area contributed by atoms with E-state index in [1.807, 2.05) is 0 Å². The second-order valence-electron chi connectivity index (χ2n) is 8.53. The molecule has 1 saturated carbocycles. The Hall–Kier alpha value is 0.140. The summed E-state index contributed by atoms with van der Waals surface area (Å²) in [5.74, 6) is 1.32. The predicted octanol–water partition coefficient (Wildman–Crippen LogP) is 1.09. The molecule has 4 rings (SSSR count). The number of nitrogens with zero attached hydrogens (tertiary/aromatic N) is 1. The number of piperidine rings is 1. The largest absolute Gasteiger partial charge is 0.301 e. The fourth-order valence-corrected chi connectivity index (χ4v) is 7.52. The molecule has 0 aromatic rings. The van der Waals surface area contributed by atoms with Gasteiger partial charge in [-0.15, -0.1) is 0 Å². The van der Waals surface area contributed by atoms with Crippen LogP contribution in [-0.2, 0) is 9.84 Å². The quantitative estimate of drug-likeness (QED) is 0.636. The van der Waals surface area contributed by atoms with Crippen molar-refractivity contribution in [2.75, 3.05) is 25.2 Å². The van der Waals surface area contributed by atoms with Gasteiger partial charge >= 0.3 is 0 Å². The van der Waals surface area contributed by atoms with E-state index in [4.69, 9.17) is 0 Å². The molecule has 0 aromatic heterocycles. The van der Waals surface area contributed by atoms with Gasteiger partial charge in [0.2, 0.25) is 0 Å². The Kier molecular flexibility index (Phi) is 6.17. The van der Waals surface area contributed by atoms with Crippen LogP contribution in [0.3, 0.4) is 0 Å². The minimum Gasteiger partial charge on any atom is -0.301 e. The Morgan fingerprint density at radius 3 is 2.62 bits per heavy atom. The molecule has 3 aliphatic heterocycles. The third-order valence-corrected chi connectivity index (χ3v) is 9.83. The Morgan fingerprint density at radius 2 is 1.92 bits per heavy atom. The third-order valence-electron chi connectivity index (χ3n) is 6.75. The van der Waals surface area contributed by atoms with E-state index in [1.54, 1.807) is 0 Å². The van der Waals surface area contributed by atoms with E-state index in [0.717, 1.165) is 44.1 Å². The van der Waals surface area contributed by atoms with Gasteiger partial charge in [0.05, 0.1) is 24.3 Å². The monoisotopic (exact) mass is 402 g/mol.